The quantitative estimate of drug-likeness (QED) is 0.858. The number of rotatable bonds is 6. The predicted octanol–water partition coefficient (Wildman–Crippen LogP) is 3.84. The number of nitrogens with one attached hydrogen (secondary N) is 1. The summed E-state index contributed by atoms with van der Waals surface area (Å²) in [7, 11) is 0. The maximum absolute atomic E-state index is 13.3. The largest absolute Gasteiger partial charge is 0.472 e. The third-order valence-corrected chi connectivity index (χ3v) is 3.01. The minimum atomic E-state index is -0.818. The van der Waals surface area contributed by atoms with Crippen molar-refractivity contribution in [3.63, 3.8) is 0 Å². The Kier molecular flexibility index (Phi) is 4.68. The van der Waals surface area contributed by atoms with Crippen LogP contribution in [0, 0.1) is 11.6 Å². The second kappa shape index (κ2) is 6.48. The van der Waals surface area contributed by atoms with Crippen LogP contribution < -0.4 is 5.32 Å². The Morgan fingerprint density at radius 1 is 1.21 bits per heavy atom. The lowest BCUT2D eigenvalue weighted by molar-refractivity contribution is 0.491. The Balaban J connectivity index is 2.18. The standard InChI is InChI=1S/C15H17F2NO/c1-2-6-18-15(8-11-5-7-19-10-11)12-3-4-13(16)14(17)9-12/h3-5,7,9-10,15,18H,2,6,8H2,1H3. The molecule has 2 aromatic rings. The Hall–Kier alpha value is -1.68. The second-order valence-electron chi connectivity index (χ2n) is 4.52. The van der Waals surface area contributed by atoms with Crippen LogP contribution in [0.15, 0.2) is 41.2 Å². The third kappa shape index (κ3) is 3.64. The zero-order chi connectivity index (χ0) is 13.7. The molecule has 0 saturated heterocycles. The van der Waals surface area contributed by atoms with Gasteiger partial charge in [-0.25, -0.2) is 8.78 Å². The first-order valence-corrected chi connectivity index (χ1v) is 6.40. The number of benzene rings is 1. The molecule has 2 nitrogen and oxygen atoms in total. The number of furan rings is 1. The Morgan fingerprint density at radius 2 is 2.05 bits per heavy atom. The van der Waals surface area contributed by atoms with E-state index in [4.69, 9.17) is 4.42 Å². The first-order valence-electron chi connectivity index (χ1n) is 6.40. The van der Waals surface area contributed by atoms with Gasteiger partial charge in [-0.2, -0.15) is 0 Å². The zero-order valence-corrected chi connectivity index (χ0v) is 10.8. The van der Waals surface area contributed by atoms with Crippen LogP contribution in [0.4, 0.5) is 8.78 Å². The van der Waals surface area contributed by atoms with Crippen molar-refractivity contribution < 1.29 is 13.2 Å². The van der Waals surface area contributed by atoms with E-state index >= 15 is 0 Å². The molecule has 0 amide bonds. The molecule has 0 fully saturated rings. The van der Waals surface area contributed by atoms with Gasteiger partial charge in [-0.05, 0) is 48.7 Å². The molecule has 1 atom stereocenters. The smallest absolute Gasteiger partial charge is 0.159 e. The predicted molar refractivity (Wildman–Crippen MR) is 69.8 cm³/mol. The van der Waals surface area contributed by atoms with Gasteiger partial charge in [0.1, 0.15) is 0 Å². The van der Waals surface area contributed by atoms with Gasteiger partial charge < -0.3 is 9.73 Å². The SMILES string of the molecule is CCCNC(Cc1ccoc1)c1ccc(F)c(F)c1. The first kappa shape index (κ1) is 13.7. The maximum Gasteiger partial charge on any atom is 0.159 e. The molecule has 0 saturated carbocycles. The topological polar surface area (TPSA) is 25.2 Å². The lowest BCUT2D eigenvalue weighted by atomic mass is 10.00. The van der Waals surface area contributed by atoms with E-state index in [1.807, 2.05) is 6.07 Å². The molecule has 0 radical (unpaired) electrons. The van der Waals surface area contributed by atoms with Gasteiger partial charge in [-0.1, -0.05) is 13.0 Å². The Labute approximate surface area is 111 Å². The van der Waals surface area contributed by atoms with E-state index in [0.29, 0.717) is 6.42 Å². The van der Waals surface area contributed by atoms with E-state index < -0.39 is 11.6 Å². The molecule has 1 aromatic heterocycles. The van der Waals surface area contributed by atoms with Crippen molar-refractivity contribution in [3.8, 4) is 0 Å². The van der Waals surface area contributed by atoms with Gasteiger partial charge >= 0.3 is 0 Å². The minimum absolute atomic E-state index is 0.0485. The van der Waals surface area contributed by atoms with E-state index in [-0.39, 0.29) is 6.04 Å². The van der Waals surface area contributed by atoms with E-state index in [9.17, 15) is 8.78 Å². The number of hydrogen-bond donors (Lipinski definition) is 1. The summed E-state index contributed by atoms with van der Waals surface area (Å²) in [6.07, 6.45) is 4.94. The summed E-state index contributed by atoms with van der Waals surface area (Å²) >= 11 is 0. The van der Waals surface area contributed by atoms with Crippen LogP contribution in [-0.2, 0) is 6.42 Å². The van der Waals surface area contributed by atoms with Crippen LogP contribution in [0.3, 0.4) is 0 Å². The van der Waals surface area contributed by atoms with Crippen molar-refractivity contribution in [2.24, 2.45) is 0 Å². The normalized spacial score (nSPS) is 12.6. The molecule has 1 N–H and O–H groups in total. The molecule has 0 aliphatic carbocycles. The summed E-state index contributed by atoms with van der Waals surface area (Å²) in [5.41, 5.74) is 1.77. The van der Waals surface area contributed by atoms with Crippen molar-refractivity contribution in [3.05, 3.63) is 59.6 Å². The average molecular weight is 265 g/mol. The van der Waals surface area contributed by atoms with Crippen molar-refractivity contribution in [2.75, 3.05) is 6.54 Å². The van der Waals surface area contributed by atoms with Crippen LogP contribution in [0.5, 0.6) is 0 Å². The molecular weight excluding hydrogens is 248 g/mol. The Morgan fingerprint density at radius 3 is 2.68 bits per heavy atom. The van der Waals surface area contributed by atoms with Gasteiger partial charge in [0.05, 0.1) is 12.5 Å². The second-order valence-corrected chi connectivity index (χ2v) is 4.52. The molecule has 102 valence electrons. The zero-order valence-electron chi connectivity index (χ0n) is 10.8. The highest BCUT2D eigenvalue weighted by atomic mass is 19.2. The molecule has 0 aliphatic rings. The molecule has 0 bridgehead atoms. The fraction of sp³-hybridized carbons (Fsp3) is 0.333. The highest BCUT2D eigenvalue weighted by molar-refractivity contribution is 5.23. The van der Waals surface area contributed by atoms with Gasteiger partial charge in [-0.15, -0.1) is 0 Å². The Bertz CT molecular complexity index is 511. The van der Waals surface area contributed by atoms with Crippen molar-refractivity contribution in [1.29, 1.82) is 0 Å². The fourth-order valence-corrected chi connectivity index (χ4v) is 2.00. The molecule has 19 heavy (non-hydrogen) atoms. The summed E-state index contributed by atoms with van der Waals surface area (Å²) < 4.78 is 31.3. The molecule has 0 spiro atoms. The summed E-state index contributed by atoms with van der Waals surface area (Å²) in [6.45, 7) is 2.88. The lowest BCUT2D eigenvalue weighted by Crippen LogP contribution is -2.24. The molecule has 1 unspecified atom stereocenters. The van der Waals surface area contributed by atoms with Crippen molar-refractivity contribution in [1.82, 2.24) is 5.32 Å². The van der Waals surface area contributed by atoms with E-state index in [1.54, 1.807) is 18.6 Å². The van der Waals surface area contributed by atoms with E-state index in [1.165, 1.54) is 12.1 Å². The van der Waals surface area contributed by atoms with E-state index in [0.717, 1.165) is 24.1 Å². The molecule has 0 aliphatic heterocycles. The molecule has 4 heteroatoms. The summed E-state index contributed by atoms with van der Waals surface area (Å²) in [6, 6.07) is 5.86. The molecular formula is C15H17F2NO. The van der Waals surface area contributed by atoms with Gasteiger partial charge in [0, 0.05) is 6.04 Å². The summed E-state index contributed by atoms with van der Waals surface area (Å²) in [4.78, 5) is 0. The van der Waals surface area contributed by atoms with Crippen molar-refractivity contribution in [2.45, 2.75) is 25.8 Å². The molecule has 1 aromatic carbocycles. The lowest BCUT2D eigenvalue weighted by Gasteiger charge is -2.18. The van der Waals surface area contributed by atoms with E-state index in [2.05, 4.69) is 12.2 Å². The highest BCUT2D eigenvalue weighted by Crippen LogP contribution is 2.21. The van der Waals surface area contributed by atoms with Crippen LogP contribution in [0.25, 0.3) is 0 Å². The van der Waals surface area contributed by atoms with Gasteiger partial charge in [-0.3, -0.25) is 0 Å². The van der Waals surface area contributed by atoms with Crippen LogP contribution in [-0.4, -0.2) is 6.54 Å². The molecule has 1 heterocycles. The van der Waals surface area contributed by atoms with Gasteiger partial charge in [0.2, 0.25) is 0 Å². The van der Waals surface area contributed by atoms with Crippen LogP contribution in [0.1, 0.15) is 30.5 Å². The average Bonchev–Trinajstić information content (AvgIpc) is 2.91. The first-order chi connectivity index (χ1) is 9.20. The van der Waals surface area contributed by atoms with Crippen molar-refractivity contribution >= 4 is 0 Å². The van der Waals surface area contributed by atoms with Gasteiger partial charge in [0.15, 0.2) is 11.6 Å². The summed E-state index contributed by atoms with van der Waals surface area (Å²) in [5.74, 6) is -1.63. The van der Waals surface area contributed by atoms with Crippen LogP contribution in [0.2, 0.25) is 0 Å². The fourth-order valence-electron chi connectivity index (χ4n) is 2.00. The maximum atomic E-state index is 13.3. The number of hydrogen-bond acceptors (Lipinski definition) is 2. The van der Waals surface area contributed by atoms with Crippen LogP contribution >= 0.6 is 0 Å². The van der Waals surface area contributed by atoms with Gasteiger partial charge in [0.25, 0.3) is 0 Å². The number of halogens is 2. The molecule has 2 rings (SSSR count). The monoisotopic (exact) mass is 265 g/mol. The highest BCUT2D eigenvalue weighted by Gasteiger charge is 2.14. The third-order valence-electron chi connectivity index (χ3n) is 3.01. The summed E-state index contributed by atoms with van der Waals surface area (Å²) in [5, 5.41) is 3.34. The minimum Gasteiger partial charge on any atom is -0.472 e.